The standard InChI is InChI=1S/C25H31N3O6/c1-32-25(31)24-20-5-3-2-4-10-28(20)23(30)15-21(24)34-17-22(29)26-19-8-6-18(7-9-19)16-27-11-13-33-14-12-27/h6-9,15H,2-5,10-14,16-17H2,1H3,(H,26,29). The predicted octanol–water partition coefficient (Wildman–Crippen LogP) is 2.21. The van der Waals surface area contributed by atoms with Crippen LogP contribution in [0.5, 0.6) is 5.75 Å². The number of nitrogens with one attached hydrogen (secondary N) is 1. The van der Waals surface area contributed by atoms with E-state index in [9.17, 15) is 14.4 Å². The van der Waals surface area contributed by atoms with Crippen molar-refractivity contribution in [3.8, 4) is 5.75 Å². The normalized spacial score (nSPS) is 16.3. The molecule has 0 radical (unpaired) electrons. The van der Waals surface area contributed by atoms with Gasteiger partial charge in [0, 0.05) is 43.6 Å². The number of aromatic nitrogens is 1. The summed E-state index contributed by atoms with van der Waals surface area (Å²) < 4.78 is 17.6. The molecule has 34 heavy (non-hydrogen) atoms. The lowest BCUT2D eigenvalue weighted by atomic mass is 10.1. The van der Waals surface area contributed by atoms with E-state index in [0.29, 0.717) is 24.3 Å². The Morgan fingerprint density at radius 2 is 1.82 bits per heavy atom. The SMILES string of the molecule is COC(=O)c1c(OCC(=O)Nc2ccc(CN3CCOCC3)cc2)cc(=O)n2c1CCCCC2. The molecule has 1 aromatic carbocycles. The number of hydrogen-bond acceptors (Lipinski definition) is 7. The van der Waals surface area contributed by atoms with Crippen molar-refractivity contribution in [2.24, 2.45) is 0 Å². The van der Waals surface area contributed by atoms with Gasteiger partial charge in [0.1, 0.15) is 11.3 Å². The van der Waals surface area contributed by atoms with Crippen LogP contribution in [0.15, 0.2) is 35.1 Å². The largest absolute Gasteiger partial charge is 0.483 e. The lowest BCUT2D eigenvalue weighted by molar-refractivity contribution is -0.118. The summed E-state index contributed by atoms with van der Waals surface area (Å²) in [7, 11) is 1.29. The van der Waals surface area contributed by atoms with Gasteiger partial charge in [0.2, 0.25) is 0 Å². The van der Waals surface area contributed by atoms with Gasteiger partial charge in [-0.05, 0) is 37.0 Å². The third-order valence-corrected chi connectivity index (χ3v) is 6.17. The fraction of sp³-hybridized carbons (Fsp3) is 0.480. The number of ether oxygens (including phenoxy) is 3. The molecule has 2 aromatic rings. The third-order valence-electron chi connectivity index (χ3n) is 6.17. The maximum Gasteiger partial charge on any atom is 0.343 e. The minimum Gasteiger partial charge on any atom is -0.483 e. The Balaban J connectivity index is 1.40. The summed E-state index contributed by atoms with van der Waals surface area (Å²) in [5, 5.41) is 2.80. The Labute approximate surface area is 198 Å². The summed E-state index contributed by atoms with van der Waals surface area (Å²) in [5.41, 5.74) is 2.40. The molecule has 1 amide bonds. The highest BCUT2D eigenvalue weighted by atomic mass is 16.5. The van der Waals surface area contributed by atoms with Crippen molar-refractivity contribution in [2.75, 3.05) is 45.3 Å². The number of benzene rings is 1. The second kappa shape index (κ2) is 11.3. The van der Waals surface area contributed by atoms with Gasteiger partial charge in [-0.3, -0.25) is 14.5 Å². The molecule has 2 aliphatic rings. The number of fused-ring (bicyclic) bond motifs is 1. The van der Waals surface area contributed by atoms with Crippen molar-refractivity contribution >= 4 is 17.6 Å². The van der Waals surface area contributed by atoms with Gasteiger partial charge < -0.3 is 24.1 Å². The minimum atomic E-state index is -0.572. The van der Waals surface area contributed by atoms with E-state index < -0.39 is 5.97 Å². The Morgan fingerprint density at radius 3 is 2.56 bits per heavy atom. The van der Waals surface area contributed by atoms with Gasteiger partial charge in [-0.15, -0.1) is 0 Å². The first-order valence-electron chi connectivity index (χ1n) is 11.7. The number of esters is 1. The maximum atomic E-state index is 12.6. The van der Waals surface area contributed by atoms with Crippen molar-refractivity contribution in [1.29, 1.82) is 0 Å². The van der Waals surface area contributed by atoms with Crippen molar-refractivity contribution in [3.63, 3.8) is 0 Å². The van der Waals surface area contributed by atoms with Crippen LogP contribution in [-0.4, -0.2) is 61.4 Å². The quantitative estimate of drug-likeness (QED) is 0.621. The number of carbonyl (C=O) groups excluding carboxylic acids is 2. The van der Waals surface area contributed by atoms with E-state index >= 15 is 0 Å². The van der Waals surface area contributed by atoms with Crippen LogP contribution in [0.25, 0.3) is 0 Å². The predicted molar refractivity (Wildman–Crippen MR) is 126 cm³/mol. The summed E-state index contributed by atoms with van der Waals surface area (Å²) in [4.78, 5) is 40.0. The average molecular weight is 470 g/mol. The first-order chi connectivity index (χ1) is 16.5. The van der Waals surface area contributed by atoms with E-state index in [1.54, 1.807) is 4.57 Å². The minimum absolute atomic E-state index is 0.0843. The molecule has 3 heterocycles. The van der Waals surface area contributed by atoms with E-state index in [4.69, 9.17) is 14.2 Å². The number of morpholine rings is 1. The number of nitrogens with zero attached hydrogens (tertiary/aromatic N) is 2. The molecule has 0 bridgehead atoms. The number of rotatable bonds is 7. The number of amides is 1. The summed E-state index contributed by atoms with van der Waals surface area (Å²) in [6.07, 6.45) is 3.31. The summed E-state index contributed by atoms with van der Waals surface area (Å²) in [6, 6.07) is 8.93. The molecule has 1 saturated heterocycles. The molecular weight excluding hydrogens is 438 g/mol. The zero-order valence-corrected chi connectivity index (χ0v) is 19.5. The van der Waals surface area contributed by atoms with E-state index in [-0.39, 0.29) is 29.4 Å². The molecule has 4 rings (SSSR count). The van der Waals surface area contributed by atoms with Gasteiger partial charge in [-0.2, -0.15) is 0 Å². The van der Waals surface area contributed by atoms with Crippen LogP contribution in [0.3, 0.4) is 0 Å². The molecule has 9 heteroatoms. The van der Waals surface area contributed by atoms with Crippen LogP contribution in [-0.2, 0) is 33.8 Å². The van der Waals surface area contributed by atoms with Gasteiger partial charge in [0.05, 0.1) is 20.3 Å². The van der Waals surface area contributed by atoms with E-state index in [0.717, 1.165) is 57.7 Å². The fourth-order valence-corrected chi connectivity index (χ4v) is 4.40. The molecule has 1 N–H and O–H groups in total. The molecule has 1 fully saturated rings. The monoisotopic (exact) mass is 469 g/mol. The van der Waals surface area contributed by atoms with Crippen molar-refractivity contribution in [3.05, 3.63) is 57.5 Å². The van der Waals surface area contributed by atoms with Crippen molar-refractivity contribution < 1.29 is 23.8 Å². The smallest absolute Gasteiger partial charge is 0.343 e. The highest BCUT2D eigenvalue weighted by Gasteiger charge is 2.25. The zero-order valence-electron chi connectivity index (χ0n) is 19.5. The fourth-order valence-electron chi connectivity index (χ4n) is 4.40. The van der Waals surface area contributed by atoms with Crippen LogP contribution in [0.1, 0.15) is 40.9 Å². The topological polar surface area (TPSA) is 99.1 Å². The molecule has 0 saturated carbocycles. The van der Waals surface area contributed by atoms with E-state index in [1.807, 2.05) is 24.3 Å². The van der Waals surface area contributed by atoms with Crippen LogP contribution in [0, 0.1) is 0 Å². The van der Waals surface area contributed by atoms with Crippen molar-refractivity contribution in [2.45, 2.75) is 38.8 Å². The third kappa shape index (κ3) is 5.84. The Hall–Kier alpha value is -3.17. The van der Waals surface area contributed by atoms with Crippen LogP contribution >= 0.6 is 0 Å². The number of carbonyl (C=O) groups is 2. The highest BCUT2D eigenvalue weighted by Crippen LogP contribution is 2.26. The zero-order chi connectivity index (χ0) is 23.9. The second-order valence-corrected chi connectivity index (χ2v) is 8.54. The summed E-state index contributed by atoms with van der Waals surface area (Å²) in [5.74, 6) is -0.871. The number of methoxy groups -OCH3 is 1. The second-order valence-electron chi connectivity index (χ2n) is 8.54. The highest BCUT2D eigenvalue weighted by molar-refractivity contribution is 5.94. The lowest BCUT2D eigenvalue weighted by Crippen LogP contribution is -2.35. The Morgan fingerprint density at radius 1 is 1.06 bits per heavy atom. The summed E-state index contributed by atoms with van der Waals surface area (Å²) in [6.45, 7) is 4.39. The van der Waals surface area contributed by atoms with Gasteiger partial charge in [0.25, 0.3) is 11.5 Å². The van der Waals surface area contributed by atoms with Gasteiger partial charge in [-0.1, -0.05) is 18.6 Å². The van der Waals surface area contributed by atoms with Crippen LogP contribution in [0.4, 0.5) is 5.69 Å². The number of hydrogen-bond donors (Lipinski definition) is 1. The molecule has 0 aliphatic carbocycles. The molecular formula is C25H31N3O6. The molecule has 0 spiro atoms. The van der Waals surface area contributed by atoms with E-state index in [2.05, 4.69) is 10.2 Å². The lowest BCUT2D eigenvalue weighted by Gasteiger charge is -2.26. The first-order valence-corrected chi connectivity index (χ1v) is 11.7. The van der Waals surface area contributed by atoms with Gasteiger partial charge in [0.15, 0.2) is 6.61 Å². The molecule has 1 aromatic heterocycles. The summed E-state index contributed by atoms with van der Waals surface area (Å²) >= 11 is 0. The first kappa shape index (κ1) is 24.0. The van der Waals surface area contributed by atoms with Crippen LogP contribution in [0.2, 0.25) is 0 Å². The number of pyridine rings is 1. The van der Waals surface area contributed by atoms with Gasteiger partial charge in [-0.25, -0.2) is 4.79 Å². The number of anilines is 1. The average Bonchev–Trinajstić information content (AvgIpc) is 3.11. The molecule has 9 nitrogen and oxygen atoms in total. The molecule has 2 aliphatic heterocycles. The Kier molecular flexibility index (Phi) is 7.97. The molecule has 0 unspecified atom stereocenters. The van der Waals surface area contributed by atoms with Gasteiger partial charge >= 0.3 is 5.97 Å². The van der Waals surface area contributed by atoms with Crippen molar-refractivity contribution in [1.82, 2.24) is 9.47 Å². The maximum absolute atomic E-state index is 12.6. The molecule has 0 atom stereocenters. The van der Waals surface area contributed by atoms with E-state index in [1.165, 1.54) is 13.2 Å². The molecule has 182 valence electrons. The van der Waals surface area contributed by atoms with Crippen LogP contribution < -0.4 is 15.6 Å². The Bertz CT molecular complexity index is 1070.